The van der Waals surface area contributed by atoms with Crippen molar-refractivity contribution in [3.63, 3.8) is 0 Å². The summed E-state index contributed by atoms with van der Waals surface area (Å²) in [6.45, 7) is 4.08. The second-order valence-electron chi connectivity index (χ2n) is 5.56. The van der Waals surface area contributed by atoms with Crippen molar-refractivity contribution in [1.29, 1.82) is 0 Å². The van der Waals surface area contributed by atoms with Gasteiger partial charge < -0.3 is 15.8 Å². The highest BCUT2D eigenvalue weighted by molar-refractivity contribution is 5.92. The summed E-state index contributed by atoms with van der Waals surface area (Å²) < 4.78 is 18.5. The van der Waals surface area contributed by atoms with Crippen molar-refractivity contribution in [2.24, 2.45) is 5.92 Å². The first kappa shape index (κ1) is 15.7. The van der Waals surface area contributed by atoms with Crippen LogP contribution in [0.3, 0.4) is 0 Å². The van der Waals surface area contributed by atoms with E-state index in [1.165, 1.54) is 18.2 Å². The predicted octanol–water partition coefficient (Wildman–Crippen LogP) is 1.70. The number of nitrogen functional groups attached to an aromatic ring is 1. The Morgan fingerprint density at radius 1 is 1.57 bits per heavy atom. The Kier molecular flexibility index (Phi) is 5.14. The third-order valence-electron chi connectivity index (χ3n) is 3.92. The van der Waals surface area contributed by atoms with Gasteiger partial charge in [0.15, 0.2) is 0 Å². The van der Waals surface area contributed by atoms with E-state index in [2.05, 4.69) is 17.1 Å². The van der Waals surface area contributed by atoms with Crippen molar-refractivity contribution in [1.82, 2.24) is 4.90 Å². The van der Waals surface area contributed by atoms with Gasteiger partial charge in [-0.15, -0.1) is 0 Å². The van der Waals surface area contributed by atoms with Gasteiger partial charge in [-0.25, -0.2) is 4.39 Å². The standard InChI is InChI=1S/C15H22FN3O2/c1-10-5-6-19(8-14(10)21-2)9-15(20)18-11-3-4-12(16)13(17)7-11/h3-4,7,10,14H,5-6,8-9,17H2,1-2H3,(H,18,20). The highest BCUT2D eigenvalue weighted by Gasteiger charge is 2.26. The average Bonchev–Trinajstić information content (AvgIpc) is 2.45. The molecule has 0 aromatic heterocycles. The lowest BCUT2D eigenvalue weighted by atomic mass is 9.96. The number of carbonyl (C=O) groups excluding carboxylic acids is 1. The van der Waals surface area contributed by atoms with E-state index < -0.39 is 5.82 Å². The zero-order chi connectivity index (χ0) is 15.4. The van der Waals surface area contributed by atoms with E-state index in [0.29, 0.717) is 18.2 Å². The molecule has 1 aliphatic rings. The van der Waals surface area contributed by atoms with Crippen LogP contribution in [0.1, 0.15) is 13.3 Å². The van der Waals surface area contributed by atoms with Crippen LogP contribution < -0.4 is 11.1 Å². The first-order valence-electron chi connectivity index (χ1n) is 7.09. The highest BCUT2D eigenvalue weighted by atomic mass is 19.1. The molecule has 1 aliphatic heterocycles. The maximum Gasteiger partial charge on any atom is 0.238 e. The van der Waals surface area contributed by atoms with Crippen LogP contribution in [-0.4, -0.2) is 43.7 Å². The zero-order valence-corrected chi connectivity index (χ0v) is 12.4. The van der Waals surface area contributed by atoms with E-state index in [9.17, 15) is 9.18 Å². The van der Waals surface area contributed by atoms with Crippen LogP contribution in [0.15, 0.2) is 18.2 Å². The number of hydrogen-bond acceptors (Lipinski definition) is 4. The molecule has 1 fully saturated rings. The number of ether oxygens (including phenoxy) is 1. The predicted molar refractivity (Wildman–Crippen MR) is 80.5 cm³/mol. The van der Waals surface area contributed by atoms with Crippen LogP contribution in [-0.2, 0) is 9.53 Å². The van der Waals surface area contributed by atoms with E-state index >= 15 is 0 Å². The zero-order valence-electron chi connectivity index (χ0n) is 12.4. The van der Waals surface area contributed by atoms with E-state index in [1.807, 2.05) is 0 Å². The lowest BCUT2D eigenvalue weighted by molar-refractivity contribution is -0.118. The summed E-state index contributed by atoms with van der Waals surface area (Å²) in [4.78, 5) is 14.1. The molecule has 0 aliphatic carbocycles. The van der Waals surface area contributed by atoms with Gasteiger partial charge in [0.05, 0.1) is 18.3 Å². The molecule has 1 aromatic carbocycles. The summed E-state index contributed by atoms with van der Waals surface area (Å²) in [5.41, 5.74) is 6.01. The fourth-order valence-corrected chi connectivity index (χ4v) is 2.57. The number of halogens is 1. The van der Waals surface area contributed by atoms with Crippen LogP contribution in [0, 0.1) is 11.7 Å². The number of piperidine rings is 1. The second-order valence-corrected chi connectivity index (χ2v) is 5.56. The minimum Gasteiger partial charge on any atom is -0.396 e. The Labute approximate surface area is 124 Å². The van der Waals surface area contributed by atoms with Gasteiger partial charge >= 0.3 is 0 Å². The third kappa shape index (κ3) is 4.15. The van der Waals surface area contributed by atoms with Gasteiger partial charge in [-0.1, -0.05) is 6.92 Å². The molecule has 2 atom stereocenters. The van der Waals surface area contributed by atoms with E-state index in [4.69, 9.17) is 10.5 Å². The number of anilines is 2. The topological polar surface area (TPSA) is 67.6 Å². The van der Waals surface area contributed by atoms with Crippen LogP contribution in [0.4, 0.5) is 15.8 Å². The molecule has 6 heteroatoms. The Hall–Kier alpha value is -1.66. The molecule has 5 nitrogen and oxygen atoms in total. The van der Waals surface area contributed by atoms with Gasteiger partial charge in [-0.05, 0) is 37.1 Å². The Balaban J connectivity index is 1.88. The molecule has 116 valence electrons. The summed E-state index contributed by atoms with van der Waals surface area (Å²) in [5.74, 6) is -0.113. The Morgan fingerprint density at radius 2 is 2.33 bits per heavy atom. The summed E-state index contributed by atoms with van der Waals surface area (Å²) in [6, 6.07) is 4.16. The SMILES string of the molecule is COC1CN(CC(=O)Nc2ccc(F)c(N)c2)CCC1C. The normalized spacial score (nSPS) is 23.0. The molecule has 3 N–H and O–H groups in total. The van der Waals surface area contributed by atoms with Crippen molar-refractivity contribution in [3.05, 3.63) is 24.0 Å². The summed E-state index contributed by atoms with van der Waals surface area (Å²) in [7, 11) is 1.70. The number of amides is 1. The lowest BCUT2D eigenvalue weighted by Gasteiger charge is -2.35. The summed E-state index contributed by atoms with van der Waals surface area (Å²) in [6.07, 6.45) is 1.17. The van der Waals surface area contributed by atoms with E-state index in [1.54, 1.807) is 7.11 Å². The number of rotatable bonds is 4. The van der Waals surface area contributed by atoms with Crippen molar-refractivity contribution in [3.8, 4) is 0 Å². The first-order chi connectivity index (χ1) is 9.99. The second kappa shape index (κ2) is 6.87. The van der Waals surface area contributed by atoms with Gasteiger partial charge in [-0.2, -0.15) is 0 Å². The third-order valence-corrected chi connectivity index (χ3v) is 3.92. The molecule has 21 heavy (non-hydrogen) atoms. The van der Waals surface area contributed by atoms with Gasteiger partial charge in [0.1, 0.15) is 5.82 Å². The number of methoxy groups -OCH3 is 1. The Bertz CT molecular complexity index is 510. The molecule has 2 rings (SSSR count). The van der Waals surface area contributed by atoms with Crippen LogP contribution in [0.5, 0.6) is 0 Å². The fourth-order valence-electron chi connectivity index (χ4n) is 2.57. The van der Waals surface area contributed by atoms with Crippen molar-refractivity contribution >= 4 is 17.3 Å². The van der Waals surface area contributed by atoms with Gasteiger partial charge in [0, 0.05) is 19.3 Å². The van der Waals surface area contributed by atoms with Gasteiger partial charge in [-0.3, -0.25) is 9.69 Å². The maximum absolute atomic E-state index is 13.1. The maximum atomic E-state index is 13.1. The monoisotopic (exact) mass is 295 g/mol. The highest BCUT2D eigenvalue weighted by Crippen LogP contribution is 2.20. The molecule has 1 heterocycles. The van der Waals surface area contributed by atoms with Crippen LogP contribution in [0.25, 0.3) is 0 Å². The molecule has 1 saturated heterocycles. The average molecular weight is 295 g/mol. The molecule has 0 saturated carbocycles. The summed E-state index contributed by atoms with van der Waals surface area (Å²) in [5, 5.41) is 2.73. The fraction of sp³-hybridized carbons (Fsp3) is 0.533. The molecule has 0 bridgehead atoms. The van der Waals surface area contributed by atoms with Crippen molar-refractivity contribution in [2.75, 3.05) is 37.8 Å². The van der Waals surface area contributed by atoms with E-state index in [0.717, 1.165) is 19.5 Å². The summed E-state index contributed by atoms with van der Waals surface area (Å²) >= 11 is 0. The minimum atomic E-state index is -0.485. The molecular formula is C15H22FN3O2. The number of nitrogens with two attached hydrogens (primary N) is 1. The first-order valence-corrected chi connectivity index (χ1v) is 7.09. The number of nitrogens with zero attached hydrogens (tertiary/aromatic N) is 1. The number of nitrogens with one attached hydrogen (secondary N) is 1. The molecular weight excluding hydrogens is 273 g/mol. The number of likely N-dealkylation sites (tertiary alicyclic amines) is 1. The Morgan fingerprint density at radius 3 is 3.00 bits per heavy atom. The number of hydrogen-bond donors (Lipinski definition) is 2. The van der Waals surface area contributed by atoms with Crippen molar-refractivity contribution in [2.45, 2.75) is 19.4 Å². The minimum absolute atomic E-state index is 0.0269. The molecule has 2 unspecified atom stereocenters. The molecule has 1 amide bonds. The van der Waals surface area contributed by atoms with Gasteiger partial charge in [0.2, 0.25) is 5.91 Å². The van der Waals surface area contributed by atoms with Crippen molar-refractivity contribution < 1.29 is 13.9 Å². The van der Waals surface area contributed by atoms with Crippen LogP contribution in [0.2, 0.25) is 0 Å². The van der Waals surface area contributed by atoms with Gasteiger partial charge in [0.25, 0.3) is 0 Å². The quantitative estimate of drug-likeness (QED) is 0.830. The smallest absolute Gasteiger partial charge is 0.238 e. The lowest BCUT2D eigenvalue weighted by Crippen LogP contribution is -2.46. The number of carbonyl (C=O) groups is 1. The largest absolute Gasteiger partial charge is 0.396 e. The molecule has 0 radical (unpaired) electrons. The van der Waals surface area contributed by atoms with Crippen LogP contribution >= 0.6 is 0 Å². The van der Waals surface area contributed by atoms with E-state index in [-0.39, 0.29) is 17.7 Å². The molecule has 0 spiro atoms. The number of benzene rings is 1. The molecule has 1 aromatic rings.